The molecule has 0 spiro atoms. The zero-order chi connectivity index (χ0) is 19.1. The molecule has 0 radical (unpaired) electrons. The molecule has 4 heterocycles. The molecule has 5 heteroatoms. The van der Waals surface area contributed by atoms with Crippen LogP contribution in [0.4, 0.5) is 0 Å². The van der Waals surface area contributed by atoms with Gasteiger partial charge in [0.1, 0.15) is 11.3 Å². The van der Waals surface area contributed by atoms with Gasteiger partial charge in [0.2, 0.25) is 0 Å². The molecule has 2 aromatic carbocycles. The molecule has 3 aromatic rings. The molecule has 3 fully saturated rings. The molecule has 1 atom stereocenters. The molecular weight excluding hydrogens is 352 g/mol. The molecular formula is C23H24N2O3. The number of carbonyl (C=O) groups excluding carboxylic acids is 1. The van der Waals surface area contributed by atoms with Crippen LogP contribution in [0.5, 0.6) is 5.75 Å². The fourth-order valence-corrected chi connectivity index (χ4v) is 4.49. The number of ether oxygens (including phenoxy) is 1. The van der Waals surface area contributed by atoms with Crippen molar-refractivity contribution in [3.8, 4) is 16.9 Å². The fraction of sp³-hybridized carbons (Fsp3) is 0.348. The number of methoxy groups -OCH3 is 1. The highest BCUT2D eigenvalue weighted by Crippen LogP contribution is 2.30. The van der Waals surface area contributed by atoms with E-state index in [2.05, 4.69) is 10.2 Å². The Bertz CT molecular complexity index is 1020. The van der Waals surface area contributed by atoms with Gasteiger partial charge in [0.15, 0.2) is 5.76 Å². The average molecular weight is 376 g/mol. The van der Waals surface area contributed by atoms with Crippen LogP contribution >= 0.6 is 0 Å². The minimum Gasteiger partial charge on any atom is -0.497 e. The number of amides is 1. The SMILES string of the molecule is COc1cccc(-c2ccc3cc(C(=O)NC4CN5CCC4CC5)oc3c2)c1. The first-order valence-electron chi connectivity index (χ1n) is 9.91. The molecule has 5 nitrogen and oxygen atoms in total. The Morgan fingerprint density at radius 3 is 2.68 bits per heavy atom. The van der Waals surface area contributed by atoms with Gasteiger partial charge in [-0.25, -0.2) is 0 Å². The average Bonchev–Trinajstić information content (AvgIpc) is 3.18. The third kappa shape index (κ3) is 3.16. The van der Waals surface area contributed by atoms with Crippen molar-refractivity contribution >= 4 is 16.9 Å². The molecule has 2 bridgehead atoms. The Labute approximate surface area is 164 Å². The summed E-state index contributed by atoms with van der Waals surface area (Å²) in [6.07, 6.45) is 2.35. The minimum atomic E-state index is -0.113. The summed E-state index contributed by atoms with van der Waals surface area (Å²) in [5, 5.41) is 4.13. The third-order valence-corrected chi connectivity index (χ3v) is 6.12. The Morgan fingerprint density at radius 1 is 1.11 bits per heavy atom. The van der Waals surface area contributed by atoms with Crippen LogP contribution in [0.15, 0.2) is 52.9 Å². The highest BCUT2D eigenvalue weighted by molar-refractivity contribution is 5.97. The van der Waals surface area contributed by atoms with E-state index < -0.39 is 0 Å². The van der Waals surface area contributed by atoms with E-state index in [1.165, 1.54) is 12.8 Å². The number of hydrogen-bond donors (Lipinski definition) is 1. The second-order valence-corrected chi connectivity index (χ2v) is 7.81. The number of piperidine rings is 3. The van der Waals surface area contributed by atoms with E-state index in [0.717, 1.165) is 47.5 Å². The van der Waals surface area contributed by atoms with E-state index in [0.29, 0.717) is 11.7 Å². The van der Waals surface area contributed by atoms with E-state index in [9.17, 15) is 4.79 Å². The summed E-state index contributed by atoms with van der Waals surface area (Å²) < 4.78 is 11.2. The number of nitrogens with zero attached hydrogens (tertiary/aromatic N) is 1. The molecule has 1 N–H and O–H groups in total. The van der Waals surface area contributed by atoms with Crippen LogP contribution in [0, 0.1) is 5.92 Å². The molecule has 0 aliphatic carbocycles. The normalized spacial score (nSPS) is 23.7. The summed E-state index contributed by atoms with van der Waals surface area (Å²) in [6, 6.07) is 16.0. The van der Waals surface area contributed by atoms with Gasteiger partial charge >= 0.3 is 0 Å². The summed E-state index contributed by atoms with van der Waals surface area (Å²) in [6.45, 7) is 3.28. The number of nitrogens with one attached hydrogen (secondary N) is 1. The predicted molar refractivity (Wildman–Crippen MR) is 109 cm³/mol. The number of furan rings is 1. The summed E-state index contributed by atoms with van der Waals surface area (Å²) in [5.74, 6) is 1.68. The molecule has 3 aliphatic heterocycles. The number of carbonyl (C=O) groups is 1. The molecule has 28 heavy (non-hydrogen) atoms. The van der Waals surface area contributed by atoms with E-state index in [-0.39, 0.29) is 11.9 Å². The van der Waals surface area contributed by atoms with Crippen LogP contribution in [-0.4, -0.2) is 43.6 Å². The molecule has 1 aromatic heterocycles. The summed E-state index contributed by atoms with van der Waals surface area (Å²) >= 11 is 0. The van der Waals surface area contributed by atoms with E-state index >= 15 is 0 Å². The standard InChI is InChI=1S/C23H24N2O3/c1-27-19-4-2-3-16(11-19)17-5-6-18-13-22(28-21(18)12-17)23(26)24-20-14-25-9-7-15(20)8-10-25/h2-6,11-13,15,20H,7-10,14H2,1H3,(H,24,26). The highest BCUT2D eigenvalue weighted by Gasteiger charge is 2.35. The maximum absolute atomic E-state index is 12.8. The molecule has 3 aliphatic rings. The number of benzene rings is 2. The van der Waals surface area contributed by atoms with Gasteiger partial charge in [-0.2, -0.15) is 0 Å². The van der Waals surface area contributed by atoms with E-state index in [1.54, 1.807) is 7.11 Å². The smallest absolute Gasteiger partial charge is 0.287 e. The lowest BCUT2D eigenvalue weighted by Gasteiger charge is -2.44. The maximum atomic E-state index is 12.8. The Kier molecular flexibility index (Phi) is 4.32. The first-order valence-corrected chi connectivity index (χ1v) is 9.91. The first kappa shape index (κ1) is 17.3. The quantitative estimate of drug-likeness (QED) is 0.750. The summed E-state index contributed by atoms with van der Waals surface area (Å²) in [7, 11) is 1.66. The predicted octanol–water partition coefficient (Wildman–Crippen LogP) is 3.93. The monoisotopic (exact) mass is 376 g/mol. The molecule has 6 rings (SSSR count). The van der Waals surface area contributed by atoms with Crippen LogP contribution < -0.4 is 10.1 Å². The topological polar surface area (TPSA) is 54.7 Å². The third-order valence-electron chi connectivity index (χ3n) is 6.12. The second kappa shape index (κ2) is 6.99. The zero-order valence-electron chi connectivity index (χ0n) is 16.0. The molecule has 144 valence electrons. The van der Waals surface area contributed by atoms with Gasteiger partial charge in [-0.15, -0.1) is 0 Å². The van der Waals surface area contributed by atoms with Gasteiger partial charge in [0.25, 0.3) is 5.91 Å². The minimum absolute atomic E-state index is 0.113. The number of rotatable bonds is 4. The van der Waals surface area contributed by atoms with Crippen molar-refractivity contribution in [3.05, 3.63) is 54.3 Å². The van der Waals surface area contributed by atoms with Crippen LogP contribution in [0.3, 0.4) is 0 Å². The fourth-order valence-electron chi connectivity index (χ4n) is 4.49. The lowest BCUT2D eigenvalue weighted by molar-refractivity contribution is 0.0607. The van der Waals surface area contributed by atoms with E-state index in [4.69, 9.17) is 9.15 Å². The van der Waals surface area contributed by atoms with Crippen LogP contribution in [0.2, 0.25) is 0 Å². The van der Waals surface area contributed by atoms with Crippen LogP contribution in [0.25, 0.3) is 22.1 Å². The van der Waals surface area contributed by atoms with Crippen molar-refractivity contribution in [2.45, 2.75) is 18.9 Å². The van der Waals surface area contributed by atoms with E-state index in [1.807, 2.05) is 48.5 Å². The zero-order valence-corrected chi connectivity index (χ0v) is 16.0. The highest BCUT2D eigenvalue weighted by atomic mass is 16.5. The van der Waals surface area contributed by atoms with Gasteiger partial charge in [-0.05, 0) is 67.2 Å². The van der Waals surface area contributed by atoms with Crippen molar-refractivity contribution in [2.24, 2.45) is 5.92 Å². The molecule has 1 unspecified atom stereocenters. The lowest BCUT2D eigenvalue weighted by Crippen LogP contribution is -2.57. The van der Waals surface area contributed by atoms with Gasteiger partial charge in [-0.1, -0.05) is 24.3 Å². The number of fused-ring (bicyclic) bond motifs is 4. The molecule has 1 amide bonds. The Hall–Kier alpha value is -2.79. The van der Waals surface area contributed by atoms with Gasteiger partial charge in [0, 0.05) is 18.0 Å². The summed E-state index contributed by atoms with van der Waals surface area (Å²) in [5.41, 5.74) is 2.81. The van der Waals surface area contributed by atoms with Crippen LogP contribution in [-0.2, 0) is 0 Å². The Balaban J connectivity index is 1.38. The largest absolute Gasteiger partial charge is 0.497 e. The van der Waals surface area contributed by atoms with Gasteiger partial charge in [-0.3, -0.25) is 4.79 Å². The molecule has 3 saturated heterocycles. The second-order valence-electron chi connectivity index (χ2n) is 7.81. The van der Waals surface area contributed by atoms with Crippen molar-refractivity contribution in [3.63, 3.8) is 0 Å². The van der Waals surface area contributed by atoms with Crippen molar-refractivity contribution in [1.29, 1.82) is 0 Å². The lowest BCUT2D eigenvalue weighted by atomic mass is 9.84. The van der Waals surface area contributed by atoms with Gasteiger partial charge in [0.05, 0.1) is 7.11 Å². The first-order chi connectivity index (χ1) is 13.7. The summed E-state index contributed by atoms with van der Waals surface area (Å²) in [4.78, 5) is 15.2. The number of hydrogen-bond acceptors (Lipinski definition) is 4. The maximum Gasteiger partial charge on any atom is 0.287 e. The van der Waals surface area contributed by atoms with Gasteiger partial charge < -0.3 is 19.4 Å². The van der Waals surface area contributed by atoms with Crippen LogP contribution in [0.1, 0.15) is 23.4 Å². The van der Waals surface area contributed by atoms with Crippen molar-refractivity contribution in [2.75, 3.05) is 26.7 Å². The van der Waals surface area contributed by atoms with Crippen molar-refractivity contribution < 1.29 is 13.9 Å². The molecule has 0 saturated carbocycles. The van der Waals surface area contributed by atoms with Crippen molar-refractivity contribution in [1.82, 2.24) is 10.2 Å². The Morgan fingerprint density at radius 2 is 1.93 bits per heavy atom.